The van der Waals surface area contributed by atoms with Crippen molar-refractivity contribution in [2.24, 2.45) is 11.8 Å². The van der Waals surface area contributed by atoms with Crippen molar-refractivity contribution in [3.63, 3.8) is 0 Å². The number of amides is 1. The molecule has 2 aromatic rings. The van der Waals surface area contributed by atoms with E-state index in [0.29, 0.717) is 11.5 Å². The average molecular weight is 378 g/mol. The van der Waals surface area contributed by atoms with E-state index in [-0.39, 0.29) is 23.3 Å². The summed E-state index contributed by atoms with van der Waals surface area (Å²) in [4.78, 5) is 15.6. The second-order valence-corrected chi connectivity index (χ2v) is 7.90. The molecule has 3 unspecified atom stereocenters. The molecule has 0 bridgehead atoms. The fourth-order valence-corrected chi connectivity index (χ4v) is 4.68. The molecule has 140 valence electrons. The van der Waals surface area contributed by atoms with E-state index in [1.165, 1.54) is 29.5 Å². The number of nitrogens with zero attached hydrogens (tertiary/aromatic N) is 1. The van der Waals surface area contributed by atoms with Gasteiger partial charge in [-0.1, -0.05) is 26.8 Å². The van der Waals surface area contributed by atoms with E-state index >= 15 is 0 Å². The molecule has 2 nitrogen and oxygen atoms in total. The number of carbonyl (C=O) groups excluding carboxylic acids is 1. The van der Waals surface area contributed by atoms with E-state index in [2.05, 4.69) is 6.92 Å². The van der Waals surface area contributed by atoms with Gasteiger partial charge < -0.3 is 4.90 Å². The van der Waals surface area contributed by atoms with Crippen molar-refractivity contribution in [3.8, 4) is 11.1 Å². The molecule has 1 aromatic heterocycles. The van der Waals surface area contributed by atoms with Crippen LogP contribution in [-0.4, -0.2) is 23.9 Å². The molecule has 0 N–H and O–H groups in total. The van der Waals surface area contributed by atoms with Crippen LogP contribution >= 0.6 is 11.3 Å². The predicted molar refractivity (Wildman–Crippen MR) is 102 cm³/mol. The highest BCUT2D eigenvalue weighted by Crippen LogP contribution is 2.51. The first-order chi connectivity index (χ1) is 12.5. The van der Waals surface area contributed by atoms with Crippen molar-refractivity contribution in [3.05, 3.63) is 46.2 Å². The summed E-state index contributed by atoms with van der Waals surface area (Å²) in [5.74, 6) is -0.00296. The molecular weight excluding hydrogens is 352 g/mol. The topological polar surface area (TPSA) is 20.3 Å². The Morgan fingerprint density at radius 3 is 2.54 bits per heavy atom. The third kappa shape index (κ3) is 3.68. The summed E-state index contributed by atoms with van der Waals surface area (Å²) in [5, 5.41) is 1.79. The van der Waals surface area contributed by atoms with E-state index in [0.717, 1.165) is 30.8 Å². The minimum absolute atomic E-state index is 0.0249. The monoisotopic (exact) mass is 377 g/mol. The molecule has 2 fully saturated rings. The Balaban J connectivity index is 0.000000948. The number of rotatable bonds is 3. The summed E-state index contributed by atoms with van der Waals surface area (Å²) in [7, 11) is 0. The van der Waals surface area contributed by atoms with Crippen LogP contribution in [0.5, 0.6) is 0 Å². The van der Waals surface area contributed by atoms with Gasteiger partial charge in [0, 0.05) is 29.8 Å². The van der Waals surface area contributed by atoms with E-state index in [1.54, 1.807) is 5.38 Å². The lowest BCUT2D eigenvalue weighted by Crippen LogP contribution is -2.30. The number of carbonyl (C=O) groups is 1. The summed E-state index contributed by atoms with van der Waals surface area (Å²) < 4.78 is 27.8. The van der Waals surface area contributed by atoms with Crippen LogP contribution in [0.3, 0.4) is 0 Å². The summed E-state index contributed by atoms with van der Waals surface area (Å²) >= 11 is 1.49. The van der Waals surface area contributed by atoms with Gasteiger partial charge in [-0.25, -0.2) is 8.78 Å². The van der Waals surface area contributed by atoms with Crippen LogP contribution in [0, 0.1) is 23.5 Å². The number of thiophene rings is 1. The second-order valence-electron chi connectivity index (χ2n) is 6.96. The zero-order valence-corrected chi connectivity index (χ0v) is 16.3. The summed E-state index contributed by atoms with van der Waals surface area (Å²) in [6, 6.07) is 5.76. The van der Waals surface area contributed by atoms with Gasteiger partial charge in [-0.2, -0.15) is 0 Å². The predicted octanol–water partition coefficient (Wildman–Crippen LogP) is 5.69. The Kier molecular flexibility index (Phi) is 5.76. The Labute approximate surface area is 157 Å². The molecule has 1 aliphatic carbocycles. The van der Waals surface area contributed by atoms with E-state index in [1.807, 2.05) is 24.8 Å². The second kappa shape index (κ2) is 7.87. The molecule has 1 saturated carbocycles. The maximum Gasteiger partial charge on any atom is 0.226 e. The highest BCUT2D eigenvalue weighted by molar-refractivity contribution is 7.10. The number of halogens is 2. The van der Waals surface area contributed by atoms with Crippen LogP contribution in [0.15, 0.2) is 29.6 Å². The van der Waals surface area contributed by atoms with Gasteiger partial charge in [0.15, 0.2) is 0 Å². The van der Waals surface area contributed by atoms with Gasteiger partial charge in [-0.15, -0.1) is 11.3 Å². The number of hydrogen-bond acceptors (Lipinski definition) is 2. The molecule has 1 aliphatic heterocycles. The van der Waals surface area contributed by atoms with Crippen LogP contribution in [0.25, 0.3) is 11.1 Å². The van der Waals surface area contributed by atoms with Gasteiger partial charge in [0.25, 0.3) is 0 Å². The standard InChI is InChI=1S/C19H19F2NOS.C2H6/c1-11-5-6-22(9-11)19(23)14-8-13(14)17-7-12(10-24-17)18-15(20)3-2-4-16(18)21;1-2/h2-4,7,10-11,13-14H,5-6,8-9H2,1H3;1-2H3. The van der Waals surface area contributed by atoms with Crippen molar-refractivity contribution in [1.29, 1.82) is 0 Å². The van der Waals surface area contributed by atoms with Crippen LogP contribution in [-0.2, 0) is 4.79 Å². The molecule has 0 spiro atoms. The van der Waals surface area contributed by atoms with Gasteiger partial charge >= 0.3 is 0 Å². The van der Waals surface area contributed by atoms with E-state index in [4.69, 9.17) is 0 Å². The van der Waals surface area contributed by atoms with Gasteiger partial charge in [-0.05, 0) is 47.9 Å². The van der Waals surface area contributed by atoms with Gasteiger partial charge in [-0.3, -0.25) is 4.79 Å². The highest BCUT2D eigenvalue weighted by Gasteiger charge is 2.47. The Hall–Kier alpha value is -1.75. The lowest BCUT2D eigenvalue weighted by Gasteiger charge is -2.15. The Bertz CT molecular complexity index is 768. The lowest BCUT2D eigenvalue weighted by molar-refractivity contribution is -0.131. The first-order valence-corrected chi connectivity index (χ1v) is 10.2. The van der Waals surface area contributed by atoms with Crippen molar-refractivity contribution in [1.82, 2.24) is 4.90 Å². The van der Waals surface area contributed by atoms with Gasteiger partial charge in [0.1, 0.15) is 11.6 Å². The Morgan fingerprint density at radius 1 is 1.23 bits per heavy atom. The quantitative estimate of drug-likeness (QED) is 0.673. The number of hydrogen-bond donors (Lipinski definition) is 0. The third-order valence-corrected chi connectivity index (χ3v) is 6.14. The number of benzene rings is 1. The first-order valence-electron chi connectivity index (χ1n) is 9.36. The van der Waals surface area contributed by atoms with Crippen molar-refractivity contribution in [2.45, 2.75) is 39.5 Å². The molecule has 5 heteroatoms. The van der Waals surface area contributed by atoms with Crippen LogP contribution in [0.2, 0.25) is 0 Å². The molecule has 26 heavy (non-hydrogen) atoms. The smallest absolute Gasteiger partial charge is 0.226 e. The summed E-state index contributed by atoms with van der Waals surface area (Å²) in [6.07, 6.45) is 1.93. The zero-order valence-electron chi connectivity index (χ0n) is 15.5. The number of likely N-dealkylation sites (tertiary alicyclic amines) is 1. The fraction of sp³-hybridized carbons (Fsp3) is 0.476. The Morgan fingerprint density at radius 2 is 1.92 bits per heavy atom. The molecular formula is C21H25F2NOS. The summed E-state index contributed by atoms with van der Waals surface area (Å²) in [6.45, 7) is 7.89. The highest BCUT2D eigenvalue weighted by atomic mass is 32.1. The molecule has 3 atom stereocenters. The van der Waals surface area contributed by atoms with Gasteiger partial charge in [0.05, 0.1) is 5.56 Å². The van der Waals surface area contributed by atoms with Crippen LogP contribution in [0.1, 0.15) is 44.4 Å². The zero-order chi connectivity index (χ0) is 18.8. The summed E-state index contributed by atoms with van der Waals surface area (Å²) in [5.41, 5.74) is 0.593. The average Bonchev–Trinajstić information content (AvgIpc) is 3.06. The fourth-order valence-electron chi connectivity index (χ4n) is 3.60. The minimum Gasteiger partial charge on any atom is -0.342 e. The maximum absolute atomic E-state index is 13.9. The minimum atomic E-state index is -0.547. The van der Waals surface area contributed by atoms with Crippen LogP contribution in [0.4, 0.5) is 8.78 Å². The lowest BCUT2D eigenvalue weighted by atomic mass is 10.1. The molecule has 4 rings (SSSR count). The van der Waals surface area contributed by atoms with E-state index in [9.17, 15) is 13.6 Å². The molecule has 2 aliphatic rings. The molecule has 2 heterocycles. The first kappa shape index (κ1) is 19.0. The van der Waals surface area contributed by atoms with Crippen molar-refractivity contribution < 1.29 is 13.6 Å². The molecule has 1 amide bonds. The third-order valence-electron chi connectivity index (χ3n) is 5.08. The molecule has 0 radical (unpaired) electrons. The van der Waals surface area contributed by atoms with E-state index < -0.39 is 11.6 Å². The molecule has 1 aromatic carbocycles. The largest absolute Gasteiger partial charge is 0.342 e. The maximum atomic E-state index is 13.9. The van der Waals surface area contributed by atoms with Crippen molar-refractivity contribution in [2.75, 3.05) is 13.1 Å². The van der Waals surface area contributed by atoms with Crippen molar-refractivity contribution >= 4 is 17.2 Å². The molecule has 1 saturated heterocycles. The SMILES string of the molecule is CC.CC1CCN(C(=O)C2CC2c2cc(-c3c(F)cccc3F)cs2)C1. The normalized spacial score (nSPS) is 24.2. The van der Waals surface area contributed by atoms with Gasteiger partial charge in [0.2, 0.25) is 5.91 Å². The van der Waals surface area contributed by atoms with Crippen LogP contribution < -0.4 is 0 Å².